The van der Waals surface area contributed by atoms with Gasteiger partial charge in [0.1, 0.15) is 9.09 Å². The lowest BCUT2D eigenvalue weighted by Gasteiger charge is -2.20. The number of thiophene rings is 1. The second-order valence-corrected chi connectivity index (χ2v) is 8.19. The third-order valence-electron chi connectivity index (χ3n) is 3.42. The fourth-order valence-corrected chi connectivity index (χ4v) is 4.89. The Morgan fingerprint density at radius 3 is 2.55 bits per heavy atom. The van der Waals surface area contributed by atoms with Crippen LogP contribution in [-0.2, 0) is 14.8 Å². The summed E-state index contributed by atoms with van der Waals surface area (Å²) in [5.41, 5.74) is 4.41. The lowest BCUT2D eigenvalue weighted by atomic mass is 9.89. The Hall–Kier alpha value is -1.45. The van der Waals surface area contributed by atoms with E-state index in [1.165, 1.54) is 16.4 Å². The number of aromatic carboxylic acids is 1. The quantitative estimate of drug-likeness (QED) is 0.829. The third-order valence-corrected chi connectivity index (χ3v) is 6.81. The van der Waals surface area contributed by atoms with Gasteiger partial charge in [-0.2, -0.15) is 4.31 Å². The maximum Gasteiger partial charge on any atom is 0.345 e. The zero-order valence-corrected chi connectivity index (χ0v) is 12.3. The van der Waals surface area contributed by atoms with Gasteiger partial charge in [-0.15, -0.1) is 11.3 Å². The molecule has 0 aliphatic carbocycles. The van der Waals surface area contributed by atoms with Crippen LogP contribution in [0.15, 0.2) is 16.3 Å². The van der Waals surface area contributed by atoms with Crippen LogP contribution >= 0.6 is 11.3 Å². The Morgan fingerprint density at radius 1 is 1.45 bits per heavy atom. The number of nitrogens with zero attached hydrogens (tertiary/aromatic N) is 1. The predicted molar refractivity (Wildman–Crippen MR) is 72.0 cm³/mol. The fraction of sp³-hybridized carbons (Fsp3) is 0.455. The number of rotatable bonds is 4. The molecule has 3 N–H and O–H groups in total. The van der Waals surface area contributed by atoms with Crippen molar-refractivity contribution in [1.29, 1.82) is 0 Å². The van der Waals surface area contributed by atoms with E-state index in [1.54, 1.807) is 6.92 Å². The minimum atomic E-state index is -3.78. The molecule has 1 fully saturated rings. The van der Waals surface area contributed by atoms with Crippen molar-refractivity contribution < 1.29 is 23.1 Å². The molecular weight excluding hydrogens is 304 g/mol. The number of carboxylic acid groups (broad SMARTS) is 1. The molecule has 1 amide bonds. The SMILES string of the molecule is CC1(C(N)=O)CCN(S(=O)(=O)c2ccc(C(=O)O)s2)C1. The summed E-state index contributed by atoms with van der Waals surface area (Å²) in [6.07, 6.45) is 0.360. The van der Waals surface area contributed by atoms with Gasteiger partial charge in [-0.1, -0.05) is 0 Å². The first-order valence-corrected chi connectivity index (χ1v) is 8.06. The minimum absolute atomic E-state index is 0.0188. The highest BCUT2D eigenvalue weighted by Crippen LogP contribution is 2.34. The molecule has 0 radical (unpaired) electrons. The van der Waals surface area contributed by atoms with Crippen LogP contribution in [-0.4, -0.2) is 42.8 Å². The third kappa shape index (κ3) is 2.43. The molecule has 1 atom stereocenters. The van der Waals surface area contributed by atoms with Crippen LogP contribution in [0, 0.1) is 5.41 Å². The summed E-state index contributed by atoms with van der Waals surface area (Å²) >= 11 is 0.698. The van der Waals surface area contributed by atoms with E-state index in [1.807, 2.05) is 0 Å². The van der Waals surface area contributed by atoms with Crippen molar-refractivity contribution in [3.05, 3.63) is 17.0 Å². The van der Waals surface area contributed by atoms with Crippen molar-refractivity contribution in [1.82, 2.24) is 4.31 Å². The predicted octanol–water partition coefficient (Wildman–Crippen LogP) is 0.332. The van der Waals surface area contributed by atoms with Gasteiger partial charge in [-0.05, 0) is 25.5 Å². The highest BCUT2D eigenvalue weighted by atomic mass is 32.2. The van der Waals surface area contributed by atoms with Crippen LogP contribution < -0.4 is 5.73 Å². The molecule has 1 saturated heterocycles. The molecule has 2 heterocycles. The molecule has 2 rings (SSSR count). The zero-order valence-electron chi connectivity index (χ0n) is 10.7. The standard InChI is InChI=1S/C11H14N2O5S2/c1-11(10(12)16)4-5-13(6-11)20(17,18)8-3-2-7(19-8)9(14)15/h2-3H,4-6H2,1H3,(H2,12,16)(H,14,15). The van der Waals surface area contributed by atoms with Crippen LogP contribution in [0.1, 0.15) is 23.0 Å². The molecule has 1 unspecified atom stereocenters. The number of carbonyl (C=O) groups excluding carboxylic acids is 1. The molecule has 20 heavy (non-hydrogen) atoms. The monoisotopic (exact) mass is 318 g/mol. The van der Waals surface area contributed by atoms with E-state index < -0.39 is 27.3 Å². The van der Waals surface area contributed by atoms with E-state index in [9.17, 15) is 18.0 Å². The first kappa shape index (κ1) is 14.9. The summed E-state index contributed by atoms with van der Waals surface area (Å²) in [5, 5.41) is 8.83. The van der Waals surface area contributed by atoms with Gasteiger partial charge in [0.2, 0.25) is 5.91 Å². The topological polar surface area (TPSA) is 118 Å². The van der Waals surface area contributed by atoms with E-state index in [-0.39, 0.29) is 22.2 Å². The number of carbonyl (C=O) groups is 2. The van der Waals surface area contributed by atoms with Crippen molar-refractivity contribution in [3.8, 4) is 0 Å². The molecule has 1 aliphatic heterocycles. The normalized spacial score (nSPS) is 23.9. The summed E-state index contributed by atoms with van der Waals surface area (Å²) < 4.78 is 25.9. The van der Waals surface area contributed by atoms with E-state index in [2.05, 4.69) is 0 Å². The minimum Gasteiger partial charge on any atom is -0.477 e. The molecule has 0 bridgehead atoms. The van der Waals surface area contributed by atoms with Crippen molar-refractivity contribution in [2.45, 2.75) is 17.6 Å². The molecule has 7 nitrogen and oxygen atoms in total. The summed E-state index contributed by atoms with van der Waals surface area (Å²) in [6.45, 7) is 1.84. The molecule has 1 aromatic heterocycles. The summed E-state index contributed by atoms with van der Waals surface area (Å²) in [6, 6.07) is 2.52. The second-order valence-electron chi connectivity index (χ2n) is 4.94. The number of primary amides is 1. The maximum absolute atomic E-state index is 12.4. The summed E-state index contributed by atoms with van der Waals surface area (Å²) in [5.74, 6) is -1.70. The van der Waals surface area contributed by atoms with Crippen LogP contribution in [0.3, 0.4) is 0 Å². The largest absolute Gasteiger partial charge is 0.477 e. The number of nitrogens with two attached hydrogens (primary N) is 1. The average molecular weight is 318 g/mol. The lowest BCUT2D eigenvalue weighted by Crippen LogP contribution is -2.38. The average Bonchev–Trinajstić information content (AvgIpc) is 2.96. The molecule has 110 valence electrons. The Balaban J connectivity index is 2.28. The number of carboxylic acids is 1. The van der Waals surface area contributed by atoms with Gasteiger partial charge in [0, 0.05) is 13.1 Å². The van der Waals surface area contributed by atoms with Gasteiger partial charge in [-0.25, -0.2) is 13.2 Å². The van der Waals surface area contributed by atoms with Gasteiger partial charge in [0.05, 0.1) is 5.41 Å². The Kier molecular flexibility index (Phi) is 3.61. The van der Waals surface area contributed by atoms with Gasteiger partial charge < -0.3 is 10.8 Å². The van der Waals surface area contributed by atoms with E-state index in [0.717, 1.165) is 0 Å². The van der Waals surface area contributed by atoms with Crippen molar-refractivity contribution in [2.75, 3.05) is 13.1 Å². The zero-order chi connectivity index (χ0) is 15.1. The van der Waals surface area contributed by atoms with E-state index in [4.69, 9.17) is 10.8 Å². The Labute approximate surface area is 120 Å². The van der Waals surface area contributed by atoms with Crippen LogP contribution in [0.25, 0.3) is 0 Å². The molecule has 1 aromatic rings. The van der Waals surface area contributed by atoms with Gasteiger partial charge >= 0.3 is 5.97 Å². The molecule has 0 saturated carbocycles. The molecule has 0 spiro atoms. The molecule has 0 aromatic carbocycles. The fourth-order valence-electron chi connectivity index (χ4n) is 2.03. The van der Waals surface area contributed by atoms with Crippen molar-refractivity contribution in [2.24, 2.45) is 11.1 Å². The maximum atomic E-state index is 12.4. The van der Waals surface area contributed by atoms with Gasteiger partial charge in [0.25, 0.3) is 10.0 Å². The number of sulfonamides is 1. The Morgan fingerprint density at radius 2 is 2.10 bits per heavy atom. The van der Waals surface area contributed by atoms with Crippen LogP contribution in [0.4, 0.5) is 0 Å². The van der Waals surface area contributed by atoms with E-state index >= 15 is 0 Å². The van der Waals surface area contributed by atoms with Gasteiger partial charge in [0.15, 0.2) is 0 Å². The number of amides is 1. The van der Waals surface area contributed by atoms with Crippen molar-refractivity contribution >= 4 is 33.2 Å². The van der Waals surface area contributed by atoms with Crippen LogP contribution in [0.2, 0.25) is 0 Å². The molecular formula is C11H14N2O5S2. The highest BCUT2D eigenvalue weighted by Gasteiger charge is 2.44. The molecule has 1 aliphatic rings. The summed E-state index contributed by atoms with van der Waals surface area (Å²) in [4.78, 5) is 22.1. The van der Waals surface area contributed by atoms with Gasteiger partial charge in [-0.3, -0.25) is 4.79 Å². The van der Waals surface area contributed by atoms with E-state index in [0.29, 0.717) is 17.8 Å². The first-order chi connectivity index (χ1) is 9.17. The number of hydrogen-bond donors (Lipinski definition) is 2. The second kappa shape index (κ2) is 4.83. The van der Waals surface area contributed by atoms with Crippen molar-refractivity contribution in [3.63, 3.8) is 0 Å². The van der Waals surface area contributed by atoms with Crippen LogP contribution in [0.5, 0.6) is 0 Å². The lowest BCUT2D eigenvalue weighted by molar-refractivity contribution is -0.126. The molecule has 9 heteroatoms. The highest BCUT2D eigenvalue weighted by molar-refractivity contribution is 7.91. The first-order valence-electron chi connectivity index (χ1n) is 5.80. The Bertz CT molecular complexity index is 666. The number of hydrogen-bond acceptors (Lipinski definition) is 5. The summed E-state index contributed by atoms with van der Waals surface area (Å²) in [7, 11) is -3.78. The smallest absolute Gasteiger partial charge is 0.345 e.